The van der Waals surface area contributed by atoms with Gasteiger partial charge in [-0.15, -0.1) is 0 Å². The van der Waals surface area contributed by atoms with E-state index < -0.39 is 0 Å². The molecule has 2 rings (SSSR count). The van der Waals surface area contributed by atoms with Gasteiger partial charge in [-0.1, -0.05) is 26.3 Å². The zero-order valence-electron chi connectivity index (χ0n) is 11.4. The Hall–Kier alpha value is -0.590. The molecular weight excluding hydrogens is 208 g/mol. The third-order valence-electron chi connectivity index (χ3n) is 4.57. The van der Waals surface area contributed by atoms with Crippen molar-refractivity contribution in [2.45, 2.75) is 71.6 Å². The third kappa shape index (κ3) is 3.43. The molecule has 1 heteroatoms. The molecule has 0 atom stereocenters. The molecule has 0 aromatic rings. The number of hydrogen-bond acceptors (Lipinski definition) is 1. The summed E-state index contributed by atoms with van der Waals surface area (Å²) in [6.45, 7) is 4.66. The average Bonchev–Trinajstić information content (AvgIpc) is 2.56. The Balaban J connectivity index is 1.94. The predicted molar refractivity (Wildman–Crippen MR) is 71.9 cm³/mol. The summed E-state index contributed by atoms with van der Waals surface area (Å²) in [5, 5.41) is 0. The Morgan fingerprint density at radius 3 is 2.59 bits per heavy atom. The fourth-order valence-electron chi connectivity index (χ4n) is 3.16. The first-order valence-electron chi connectivity index (χ1n) is 7.32. The summed E-state index contributed by atoms with van der Waals surface area (Å²) in [6.07, 6.45) is 12.8. The lowest BCUT2D eigenvalue weighted by molar-refractivity contribution is -0.120. The monoisotopic (exact) mass is 234 g/mol. The van der Waals surface area contributed by atoms with Crippen molar-refractivity contribution < 1.29 is 4.79 Å². The van der Waals surface area contributed by atoms with Crippen LogP contribution in [0.4, 0.5) is 0 Å². The minimum atomic E-state index is 0.340. The van der Waals surface area contributed by atoms with E-state index >= 15 is 0 Å². The summed E-state index contributed by atoms with van der Waals surface area (Å²) < 4.78 is 0. The van der Waals surface area contributed by atoms with Crippen molar-refractivity contribution in [2.75, 3.05) is 0 Å². The first-order valence-corrected chi connectivity index (χ1v) is 7.32. The van der Waals surface area contributed by atoms with E-state index in [0.29, 0.717) is 17.1 Å². The van der Waals surface area contributed by atoms with Gasteiger partial charge in [-0.25, -0.2) is 0 Å². The van der Waals surface area contributed by atoms with Crippen LogP contribution in [-0.4, -0.2) is 5.78 Å². The van der Waals surface area contributed by atoms with Gasteiger partial charge < -0.3 is 0 Å². The third-order valence-corrected chi connectivity index (χ3v) is 4.57. The highest BCUT2D eigenvalue weighted by Crippen LogP contribution is 2.39. The molecule has 0 amide bonds. The SMILES string of the molecule is CC1(C)CCC(C(=O)C2=CCCCCC2)CC1. The molecule has 2 aliphatic carbocycles. The lowest BCUT2D eigenvalue weighted by Gasteiger charge is -2.33. The van der Waals surface area contributed by atoms with Crippen molar-refractivity contribution in [3.05, 3.63) is 11.6 Å². The van der Waals surface area contributed by atoms with E-state index in [0.717, 1.165) is 31.3 Å². The Kier molecular flexibility index (Phi) is 4.06. The number of hydrogen-bond donors (Lipinski definition) is 0. The Bertz CT molecular complexity index is 301. The molecule has 0 bridgehead atoms. The molecule has 0 N–H and O–H groups in total. The van der Waals surface area contributed by atoms with Gasteiger partial charge in [0, 0.05) is 5.92 Å². The van der Waals surface area contributed by atoms with E-state index in [1.807, 2.05) is 0 Å². The second kappa shape index (κ2) is 5.37. The van der Waals surface area contributed by atoms with E-state index in [2.05, 4.69) is 19.9 Å². The fraction of sp³-hybridized carbons (Fsp3) is 0.812. The normalized spacial score (nSPS) is 26.1. The van der Waals surface area contributed by atoms with Crippen LogP contribution in [-0.2, 0) is 4.79 Å². The molecule has 2 aliphatic rings. The standard InChI is InChI=1S/C16H26O/c1-16(2)11-9-14(10-12-16)15(17)13-7-5-3-4-6-8-13/h7,14H,3-6,8-12H2,1-2H3. The summed E-state index contributed by atoms with van der Waals surface area (Å²) >= 11 is 0. The van der Waals surface area contributed by atoms with Gasteiger partial charge in [-0.05, 0) is 62.4 Å². The number of carbonyl (C=O) groups excluding carboxylic acids is 1. The maximum absolute atomic E-state index is 12.4. The first kappa shape index (κ1) is 12.9. The molecular formula is C16H26O. The molecule has 0 heterocycles. The summed E-state index contributed by atoms with van der Waals surface area (Å²) in [7, 11) is 0. The summed E-state index contributed by atoms with van der Waals surface area (Å²) in [5.74, 6) is 0.828. The molecule has 0 aromatic heterocycles. The maximum atomic E-state index is 12.4. The number of allylic oxidation sites excluding steroid dienone is 2. The number of rotatable bonds is 2. The molecule has 96 valence electrons. The molecule has 1 nitrogen and oxygen atoms in total. The van der Waals surface area contributed by atoms with E-state index in [1.165, 1.54) is 32.1 Å². The van der Waals surface area contributed by atoms with Crippen LogP contribution in [0.2, 0.25) is 0 Å². The van der Waals surface area contributed by atoms with Crippen LogP contribution in [0.3, 0.4) is 0 Å². The lowest BCUT2D eigenvalue weighted by Crippen LogP contribution is -2.27. The van der Waals surface area contributed by atoms with Crippen molar-refractivity contribution in [1.82, 2.24) is 0 Å². The van der Waals surface area contributed by atoms with Crippen LogP contribution in [0.5, 0.6) is 0 Å². The van der Waals surface area contributed by atoms with Crippen LogP contribution in [0.15, 0.2) is 11.6 Å². The van der Waals surface area contributed by atoms with Crippen molar-refractivity contribution in [3.8, 4) is 0 Å². The van der Waals surface area contributed by atoms with E-state index in [4.69, 9.17) is 0 Å². The van der Waals surface area contributed by atoms with Crippen LogP contribution in [0.25, 0.3) is 0 Å². The summed E-state index contributed by atoms with van der Waals surface area (Å²) in [4.78, 5) is 12.4. The second-order valence-electron chi connectivity index (χ2n) is 6.63. The van der Waals surface area contributed by atoms with Gasteiger partial charge >= 0.3 is 0 Å². The zero-order valence-corrected chi connectivity index (χ0v) is 11.4. The van der Waals surface area contributed by atoms with E-state index in [-0.39, 0.29) is 0 Å². The summed E-state index contributed by atoms with van der Waals surface area (Å²) in [5.41, 5.74) is 1.63. The number of Topliss-reactive ketones (excluding diaryl/α,β-unsaturated/α-hetero) is 1. The zero-order chi connectivity index (χ0) is 12.3. The average molecular weight is 234 g/mol. The second-order valence-corrected chi connectivity index (χ2v) is 6.63. The quantitative estimate of drug-likeness (QED) is 0.679. The maximum Gasteiger partial charge on any atom is 0.161 e. The smallest absolute Gasteiger partial charge is 0.161 e. The molecule has 0 radical (unpaired) electrons. The Morgan fingerprint density at radius 2 is 1.88 bits per heavy atom. The molecule has 1 fully saturated rings. The van der Waals surface area contributed by atoms with E-state index in [9.17, 15) is 4.79 Å². The topological polar surface area (TPSA) is 17.1 Å². The molecule has 0 aromatic carbocycles. The number of carbonyl (C=O) groups is 1. The highest BCUT2D eigenvalue weighted by molar-refractivity contribution is 5.97. The van der Waals surface area contributed by atoms with E-state index in [1.54, 1.807) is 0 Å². The van der Waals surface area contributed by atoms with Gasteiger partial charge in [0.05, 0.1) is 0 Å². The lowest BCUT2D eigenvalue weighted by atomic mass is 9.71. The first-order chi connectivity index (χ1) is 8.08. The Labute approximate surface area is 106 Å². The molecule has 0 aliphatic heterocycles. The largest absolute Gasteiger partial charge is 0.294 e. The van der Waals surface area contributed by atoms with Gasteiger partial charge in [0.15, 0.2) is 5.78 Å². The van der Waals surface area contributed by atoms with Crippen molar-refractivity contribution >= 4 is 5.78 Å². The van der Waals surface area contributed by atoms with Crippen molar-refractivity contribution in [1.29, 1.82) is 0 Å². The molecule has 1 saturated carbocycles. The molecule has 0 spiro atoms. The van der Waals surface area contributed by atoms with Crippen LogP contribution >= 0.6 is 0 Å². The van der Waals surface area contributed by atoms with Crippen LogP contribution < -0.4 is 0 Å². The van der Waals surface area contributed by atoms with Gasteiger partial charge in [-0.2, -0.15) is 0 Å². The predicted octanol–water partition coefficient (Wildman–Crippen LogP) is 4.66. The minimum Gasteiger partial charge on any atom is -0.294 e. The van der Waals surface area contributed by atoms with Crippen molar-refractivity contribution in [2.24, 2.45) is 11.3 Å². The van der Waals surface area contributed by atoms with Gasteiger partial charge in [-0.3, -0.25) is 4.79 Å². The number of ketones is 1. The van der Waals surface area contributed by atoms with Gasteiger partial charge in [0.25, 0.3) is 0 Å². The Morgan fingerprint density at radius 1 is 1.18 bits per heavy atom. The van der Waals surface area contributed by atoms with Crippen LogP contribution in [0.1, 0.15) is 71.6 Å². The van der Waals surface area contributed by atoms with Crippen LogP contribution in [0, 0.1) is 11.3 Å². The summed E-state index contributed by atoms with van der Waals surface area (Å²) in [6, 6.07) is 0. The molecule has 0 saturated heterocycles. The highest BCUT2D eigenvalue weighted by Gasteiger charge is 2.31. The molecule has 0 unspecified atom stereocenters. The minimum absolute atomic E-state index is 0.340. The van der Waals surface area contributed by atoms with Gasteiger partial charge in [0.2, 0.25) is 0 Å². The van der Waals surface area contributed by atoms with Crippen molar-refractivity contribution in [3.63, 3.8) is 0 Å². The highest BCUT2D eigenvalue weighted by atomic mass is 16.1. The molecule has 17 heavy (non-hydrogen) atoms. The fourth-order valence-corrected chi connectivity index (χ4v) is 3.16. The van der Waals surface area contributed by atoms with Gasteiger partial charge in [0.1, 0.15) is 0 Å².